The Balaban J connectivity index is 2.38. The minimum atomic E-state index is 0.104. The smallest absolute Gasteiger partial charge is 0.233 e. The summed E-state index contributed by atoms with van der Waals surface area (Å²) in [4.78, 5) is 10.9. The van der Waals surface area contributed by atoms with Crippen molar-refractivity contribution < 1.29 is 4.79 Å². The van der Waals surface area contributed by atoms with Crippen molar-refractivity contribution in [1.29, 1.82) is 0 Å². The third-order valence-electron chi connectivity index (χ3n) is 1.97. The Morgan fingerprint density at radius 3 is 2.45 bits per heavy atom. The van der Waals surface area contributed by atoms with E-state index in [9.17, 15) is 4.79 Å². The fourth-order valence-corrected chi connectivity index (χ4v) is 1.15. The molecule has 0 spiro atoms. The van der Waals surface area contributed by atoms with E-state index in [4.69, 9.17) is 0 Å². The molecule has 1 rings (SSSR count). The van der Waals surface area contributed by atoms with Crippen molar-refractivity contribution in [3.05, 3.63) is 0 Å². The van der Waals surface area contributed by atoms with Crippen molar-refractivity contribution >= 4 is 5.91 Å². The van der Waals surface area contributed by atoms with Gasteiger partial charge in [-0.3, -0.25) is 9.80 Å². The van der Waals surface area contributed by atoms with Crippen LogP contribution in [0.1, 0.15) is 6.92 Å². The van der Waals surface area contributed by atoms with Crippen molar-refractivity contribution in [3.63, 3.8) is 0 Å². The second-order valence-corrected chi connectivity index (χ2v) is 2.75. The summed E-state index contributed by atoms with van der Waals surface area (Å²) in [5, 5.41) is 6.96. The number of rotatable bonds is 1. The predicted molar refractivity (Wildman–Crippen MR) is 42.9 cm³/mol. The van der Waals surface area contributed by atoms with Crippen LogP contribution >= 0.6 is 0 Å². The summed E-state index contributed by atoms with van der Waals surface area (Å²) >= 11 is 0. The Morgan fingerprint density at radius 2 is 2.00 bits per heavy atom. The highest BCUT2D eigenvalue weighted by Gasteiger charge is 2.15. The molecular formula is C7H15N3O. The first-order valence-electron chi connectivity index (χ1n) is 3.91. The zero-order valence-corrected chi connectivity index (χ0v) is 7.13. The van der Waals surface area contributed by atoms with E-state index >= 15 is 0 Å². The molecule has 0 atom stereocenters. The molecule has 0 aromatic rings. The molecule has 64 valence electrons. The quantitative estimate of drug-likeness (QED) is 0.546. The van der Waals surface area contributed by atoms with Crippen LogP contribution in [0.15, 0.2) is 0 Å². The van der Waals surface area contributed by atoms with E-state index in [1.54, 1.807) is 11.9 Å². The molecule has 1 fully saturated rings. The van der Waals surface area contributed by atoms with Gasteiger partial charge in [0.25, 0.3) is 0 Å². The van der Waals surface area contributed by atoms with Crippen LogP contribution < -0.4 is 5.32 Å². The number of piperazine rings is 1. The second kappa shape index (κ2) is 3.69. The van der Waals surface area contributed by atoms with Crippen LogP contribution in [0, 0.1) is 0 Å². The van der Waals surface area contributed by atoms with E-state index in [2.05, 4.69) is 10.3 Å². The lowest BCUT2D eigenvalue weighted by molar-refractivity contribution is -0.144. The van der Waals surface area contributed by atoms with Crippen LogP contribution in [0.2, 0.25) is 0 Å². The Labute approximate surface area is 67.1 Å². The summed E-state index contributed by atoms with van der Waals surface area (Å²) < 4.78 is 0. The van der Waals surface area contributed by atoms with Gasteiger partial charge in [-0.2, -0.15) is 0 Å². The molecule has 4 nitrogen and oxygen atoms in total. The highest BCUT2D eigenvalue weighted by Crippen LogP contribution is 1.96. The molecular weight excluding hydrogens is 142 g/mol. The lowest BCUT2D eigenvalue weighted by Crippen LogP contribution is -2.52. The van der Waals surface area contributed by atoms with E-state index in [1.165, 1.54) is 0 Å². The monoisotopic (exact) mass is 157 g/mol. The van der Waals surface area contributed by atoms with E-state index in [-0.39, 0.29) is 5.91 Å². The van der Waals surface area contributed by atoms with Crippen molar-refractivity contribution in [2.45, 2.75) is 6.92 Å². The normalized spacial score (nSPS) is 19.8. The molecule has 4 heteroatoms. The van der Waals surface area contributed by atoms with E-state index < -0.39 is 0 Å². The highest BCUT2D eigenvalue weighted by atomic mass is 16.2. The lowest BCUT2D eigenvalue weighted by atomic mass is 10.4. The Morgan fingerprint density at radius 1 is 1.45 bits per heavy atom. The number of hydrazine groups is 1. The maximum Gasteiger partial charge on any atom is 0.233 e. The summed E-state index contributed by atoms with van der Waals surface area (Å²) in [5.74, 6) is 0.104. The third-order valence-corrected chi connectivity index (χ3v) is 1.97. The van der Waals surface area contributed by atoms with Gasteiger partial charge in [-0.1, -0.05) is 0 Å². The Kier molecular flexibility index (Phi) is 2.84. The number of nitrogens with one attached hydrogen (secondary N) is 1. The number of carbonyl (C=O) groups is 1. The number of nitrogens with zero attached hydrogens (tertiary/aromatic N) is 2. The standard InChI is InChI=1S/C7H15N3O/c1-7(11)9(2)10-5-3-8-4-6-10/h8H,3-6H2,1-2H3. The third kappa shape index (κ3) is 2.17. The average molecular weight is 157 g/mol. The molecule has 0 unspecified atom stereocenters. The van der Waals surface area contributed by atoms with Gasteiger partial charge >= 0.3 is 0 Å². The summed E-state index contributed by atoms with van der Waals surface area (Å²) in [6.07, 6.45) is 0. The molecule has 1 saturated heterocycles. The van der Waals surface area contributed by atoms with Crippen LogP contribution in [-0.2, 0) is 4.79 Å². The molecule has 0 bridgehead atoms. The summed E-state index contributed by atoms with van der Waals surface area (Å²) in [6, 6.07) is 0. The minimum absolute atomic E-state index is 0.104. The van der Waals surface area contributed by atoms with Gasteiger partial charge in [-0.05, 0) is 0 Å². The molecule has 0 saturated carbocycles. The van der Waals surface area contributed by atoms with Crippen LogP contribution in [0.5, 0.6) is 0 Å². The molecule has 1 aliphatic rings. The molecule has 1 heterocycles. The predicted octanol–water partition coefficient (Wildman–Crippen LogP) is -0.715. The molecule has 0 aliphatic carbocycles. The zero-order chi connectivity index (χ0) is 8.27. The largest absolute Gasteiger partial charge is 0.314 e. The molecule has 0 radical (unpaired) electrons. The summed E-state index contributed by atoms with van der Waals surface area (Å²) in [5.41, 5.74) is 0. The molecule has 1 N–H and O–H groups in total. The molecule has 11 heavy (non-hydrogen) atoms. The fraction of sp³-hybridized carbons (Fsp3) is 0.857. The van der Waals surface area contributed by atoms with Gasteiger partial charge < -0.3 is 5.32 Å². The number of amides is 1. The van der Waals surface area contributed by atoms with E-state index in [0.717, 1.165) is 26.2 Å². The van der Waals surface area contributed by atoms with Gasteiger partial charge in [0.1, 0.15) is 0 Å². The van der Waals surface area contributed by atoms with Crippen LogP contribution in [0.4, 0.5) is 0 Å². The topological polar surface area (TPSA) is 35.6 Å². The van der Waals surface area contributed by atoms with Gasteiger partial charge in [0.05, 0.1) is 0 Å². The van der Waals surface area contributed by atoms with Crippen LogP contribution in [0.25, 0.3) is 0 Å². The molecule has 1 amide bonds. The number of hydrogen-bond donors (Lipinski definition) is 1. The van der Waals surface area contributed by atoms with Gasteiger partial charge in [0, 0.05) is 40.2 Å². The fourth-order valence-electron chi connectivity index (χ4n) is 1.15. The maximum atomic E-state index is 10.9. The summed E-state index contributed by atoms with van der Waals surface area (Å²) in [7, 11) is 1.81. The van der Waals surface area contributed by atoms with Crippen molar-refractivity contribution in [3.8, 4) is 0 Å². The van der Waals surface area contributed by atoms with Gasteiger partial charge in [0.2, 0.25) is 5.91 Å². The average Bonchev–Trinajstić information content (AvgIpc) is 2.05. The highest BCUT2D eigenvalue weighted by molar-refractivity contribution is 5.72. The Bertz CT molecular complexity index is 143. The van der Waals surface area contributed by atoms with E-state index in [1.807, 2.05) is 7.05 Å². The molecule has 0 aromatic heterocycles. The molecule has 0 aromatic carbocycles. The zero-order valence-electron chi connectivity index (χ0n) is 7.13. The van der Waals surface area contributed by atoms with Gasteiger partial charge in [-0.15, -0.1) is 0 Å². The minimum Gasteiger partial charge on any atom is -0.314 e. The number of hydrogen-bond acceptors (Lipinski definition) is 3. The first-order chi connectivity index (χ1) is 5.22. The summed E-state index contributed by atoms with van der Waals surface area (Å²) in [6.45, 7) is 5.38. The van der Waals surface area contributed by atoms with Crippen LogP contribution in [-0.4, -0.2) is 49.2 Å². The first kappa shape index (κ1) is 8.49. The van der Waals surface area contributed by atoms with Crippen molar-refractivity contribution in [2.24, 2.45) is 0 Å². The first-order valence-corrected chi connectivity index (χ1v) is 3.91. The van der Waals surface area contributed by atoms with Crippen LogP contribution in [0.3, 0.4) is 0 Å². The number of carbonyl (C=O) groups excluding carboxylic acids is 1. The lowest BCUT2D eigenvalue weighted by Gasteiger charge is -2.34. The maximum absolute atomic E-state index is 10.9. The Hall–Kier alpha value is -0.610. The van der Waals surface area contributed by atoms with E-state index in [0.29, 0.717) is 0 Å². The van der Waals surface area contributed by atoms with Crippen molar-refractivity contribution in [2.75, 3.05) is 33.2 Å². The molecule has 1 aliphatic heterocycles. The SMILES string of the molecule is CC(=O)N(C)N1CCNCC1. The van der Waals surface area contributed by atoms with Gasteiger partial charge in [-0.25, -0.2) is 5.01 Å². The second-order valence-electron chi connectivity index (χ2n) is 2.75. The van der Waals surface area contributed by atoms with Crippen molar-refractivity contribution in [1.82, 2.24) is 15.3 Å². The van der Waals surface area contributed by atoms with Gasteiger partial charge in [0.15, 0.2) is 0 Å².